The number of amides is 1. The predicted molar refractivity (Wildman–Crippen MR) is 160 cm³/mol. The molecular formula is C31H39ClN4O4S. The fraction of sp³-hybridized carbons (Fsp3) is 0.484. The van der Waals surface area contributed by atoms with Crippen LogP contribution in [0.2, 0.25) is 5.02 Å². The number of ether oxygens (including phenoxy) is 1. The van der Waals surface area contributed by atoms with Gasteiger partial charge in [-0.1, -0.05) is 66.8 Å². The van der Waals surface area contributed by atoms with Gasteiger partial charge in [-0.25, -0.2) is 13.4 Å². The molecule has 2 fully saturated rings. The molecule has 1 saturated carbocycles. The second kappa shape index (κ2) is 13.5. The maximum absolute atomic E-state index is 13.8. The molecule has 1 aromatic heterocycles. The lowest BCUT2D eigenvalue weighted by atomic mass is 9.95. The third-order valence-corrected chi connectivity index (χ3v) is 9.81. The van der Waals surface area contributed by atoms with E-state index in [1.807, 2.05) is 35.8 Å². The number of aryl methyl sites for hydroxylation is 1. The molecule has 8 nitrogen and oxygen atoms in total. The quantitative estimate of drug-likeness (QED) is 0.315. The van der Waals surface area contributed by atoms with Gasteiger partial charge in [-0.15, -0.1) is 0 Å². The van der Waals surface area contributed by atoms with Gasteiger partial charge in [0.25, 0.3) is 5.91 Å². The summed E-state index contributed by atoms with van der Waals surface area (Å²) >= 11 is 6.24. The second-order valence-corrected chi connectivity index (χ2v) is 13.5. The summed E-state index contributed by atoms with van der Waals surface area (Å²) in [6.45, 7) is 6.41. The maximum Gasteiger partial charge on any atom is 0.254 e. The molecule has 0 unspecified atom stereocenters. The Bertz CT molecular complexity index is 1450. The smallest absolute Gasteiger partial charge is 0.254 e. The lowest BCUT2D eigenvalue weighted by molar-refractivity contribution is 0.0318. The second-order valence-electron chi connectivity index (χ2n) is 11.1. The van der Waals surface area contributed by atoms with E-state index in [0.29, 0.717) is 36.9 Å². The number of hydrogen-bond donors (Lipinski definition) is 0. The average Bonchev–Trinajstić information content (AvgIpc) is 3.40. The van der Waals surface area contributed by atoms with Crippen molar-refractivity contribution in [3.05, 3.63) is 82.1 Å². The molecule has 0 bridgehead atoms. The molecule has 0 N–H and O–H groups in total. The summed E-state index contributed by atoms with van der Waals surface area (Å²) in [5.74, 6) is -0.249. The van der Waals surface area contributed by atoms with Crippen LogP contribution < -0.4 is 0 Å². The van der Waals surface area contributed by atoms with E-state index in [1.54, 1.807) is 35.4 Å². The number of imidazole rings is 1. The number of hydrogen-bond acceptors (Lipinski definition) is 6. The Hall–Kier alpha value is -2.72. The highest BCUT2D eigenvalue weighted by atomic mass is 35.5. The molecule has 5 rings (SSSR count). The zero-order valence-corrected chi connectivity index (χ0v) is 25.2. The first-order valence-corrected chi connectivity index (χ1v) is 16.5. The number of morpholine rings is 1. The van der Waals surface area contributed by atoms with Crippen LogP contribution in [0.1, 0.15) is 65.3 Å². The molecule has 0 spiro atoms. The van der Waals surface area contributed by atoms with Gasteiger partial charge >= 0.3 is 0 Å². The minimum absolute atomic E-state index is 0.0332. The highest BCUT2D eigenvalue weighted by Crippen LogP contribution is 2.33. The van der Waals surface area contributed by atoms with Gasteiger partial charge in [0.1, 0.15) is 0 Å². The molecule has 3 aromatic rings. The van der Waals surface area contributed by atoms with E-state index in [-0.39, 0.29) is 29.4 Å². The van der Waals surface area contributed by atoms with E-state index >= 15 is 0 Å². The number of benzene rings is 2. The SMILES string of the molecule is Cc1cccc(CS(=O)(=O)c2ncc(CN(CCN3CCOCC3)C(=O)c3cccc(Cl)c3)n2C2CCCCC2)c1. The van der Waals surface area contributed by atoms with Crippen LogP contribution in [-0.2, 0) is 26.9 Å². The van der Waals surface area contributed by atoms with E-state index < -0.39 is 9.84 Å². The fourth-order valence-corrected chi connectivity index (χ4v) is 7.60. The number of rotatable bonds is 10. The van der Waals surface area contributed by atoms with E-state index in [4.69, 9.17) is 16.3 Å². The van der Waals surface area contributed by atoms with E-state index in [1.165, 1.54) is 0 Å². The van der Waals surface area contributed by atoms with Crippen LogP contribution in [0.4, 0.5) is 0 Å². The highest BCUT2D eigenvalue weighted by Gasteiger charge is 2.30. The number of halogens is 1. The van der Waals surface area contributed by atoms with Crippen molar-refractivity contribution >= 4 is 27.3 Å². The van der Waals surface area contributed by atoms with Gasteiger partial charge in [-0.2, -0.15) is 0 Å². The number of sulfone groups is 1. The Morgan fingerprint density at radius 2 is 1.83 bits per heavy atom. The lowest BCUT2D eigenvalue weighted by Gasteiger charge is -2.31. The topological polar surface area (TPSA) is 84.7 Å². The molecule has 220 valence electrons. The highest BCUT2D eigenvalue weighted by molar-refractivity contribution is 7.90. The fourth-order valence-electron chi connectivity index (χ4n) is 5.88. The normalized spacial score (nSPS) is 17.0. The third kappa shape index (κ3) is 7.57. The van der Waals surface area contributed by atoms with Crippen LogP contribution in [0, 0.1) is 6.92 Å². The molecule has 2 aliphatic rings. The minimum atomic E-state index is -3.72. The molecule has 10 heteroatoms. The summed E-state index contributed by atoms with van der Waals surface area (Å²) in [5.41, 5.74) is 3.02. The average molecular weight is 599 g/mol. The van der Waals surface area contributed by atoms with Crippen LogP contribution in [0.3, 0.4) is 0 Å². The zero-order chi connectivity index (χ0) is 28.8. The Morgan fingerprint density at radius 1 is 1.07 bits per heavy atom. The Kier molecular flexibility index (Phi) is 9.80. The van der Waals surface area contributed by atoms with Crippen LogP contribution in [0.15, 0.2) is 59.9 Å². The van der Waals surface area contributed by atoms with Gasteiger partial charge in [-0.05, 0) is 43.5 Å². The van der Waals surface area contributed by atoms with Gasteiger partial charge in [-0.3, -0.25) is 9.69 Å². The van der Waals surface area contributed by atoms with E-state index in [9.17, 15) is 13.2 Å². The zero-order valence-electron chi connectivity index (χ0n) is 23.7. The maximum atomic E-state index is 13.8. The number of aromatic nitrogens is 2. The van der Waals surface area contributed by atoms with Crippen LogP contribution in [0.5, 0.6) is 0 Å². The molecule has 1 aliphatic heterocycles. The molecule has 1 saturated heterocycles. The predicted octanol–water partition coefficient (Wildman–Crippen LogP) is 5.30. The Labute approximate surface area is 248 Å². The number of nitrogens with zero attached hydrogens (tertiary/aromatic N) is 4. The Balaban J connectivity index is 1.47. The van der Waals surface area contributed by atoms with Crippen molar-refractivity contribution in [2.24, 2.45) is 0 Å². The van der Waals surface area contributed by atoms with Gasteiger partial charge in [0, 0.05) is 42.8 Å². The molecular weight excluding hydrogens is 560 g/mol. The molecule has 1 aliphatic carbocycles. The first-order chi connectivity index (χ1) is 19.8. The third-order valence-electron chi connectivity index (χ3n) is 8.00. The van der Waals surface area contributed by atoms with Crippen molar-refractivity contribution in [1.29, 1.82) is 0 Å². The lowest BCUT2D eigenvalue weighted by Crippen LogP contribution is -2.43. The summed E-state index contributed by atoms with van der Waals surface area (Å²) < 4.78 is 35.0. The van der Waals surface area contributed by atoms with Crippen molar-refractivity contribution in [3.8, 4) is 0 Å². The van der Waals surface area contributed by atoms with Crippen molar-refractivity contribution in [3.63, 3.8) is 0 Å². The number of carbonyl (C=O) groups is 1. The monoisotopic (exact) mass is 598 g/mol. The van der Waals surface area contributed by atoms with E-state index in [0.717, 1.165) is 62.0 Å². The molecule has 2 aromatic carbocycles. The summed E-state index contributed by atoms with van der Waals surface area (Å²) in [7, 11) is -3.72. The first kappa shape index (κ1) is 29.8. The molecule has 0 atom stereocenters. The van der Waals surface area contributed by atoms with Crippen molar-refractivity contribution in [2.75, 3.05) is 39.4 Å². The number of carbonyl (C=O) groups excluding carboxylic acids is 1. The van der Waals surface area contributed by atoms with Gasteiger partial charge in [0.15, 0.2) is 0 Å². The van der Waals surface area contributed by atoms with Crippen molar-refractivity contribution in [2.45, 2.75) is 62.5 Å². The van der Waals surface area contributed by atoms with Crippen LogP contribution >= 0.6 is 11.6 Å². The van der Waals surface area contributed by atoms with Gasteiger partial charge < -0.3 is 14.2 Å². The molecule has 0 radical (unpaired) electrons. The van der Waals surface area contributed by atoms with Crippen LogP contribution in [-0.4, -0.2) is 73.1 Å². The molecule has 2 heterocycles. The van der Waals surface area contributed by atoms with Crippen molar-refractivity contribution < 1.29 is 17.9 Å². The first-order valence-electron chi connectivity index (χ1n) is 14.5. The Morgan fingerprint density at radius 3 is 2.56 bits per heavy atom. The summed E-state index contributed by atoms with van der Waals surface area (Å²) in [6.07, 6.45) is 6.68. The van der Waals surface area contributed by atoms with Crippen molar-refractivity contribution in [1.82, 2.24) is 19.4 Å². The molecule has 41 heavy (non-hydrogen) atoms. The van der Waals surface area contributed by atoms with Gasteiger partial charge in [0.2, 0.25) is 15.0 Å². The van der Waals surface area contributed by atoms with Gasteiger partial charge in [0.05, 0.1) is 37.4 Å². The largest absolute Gasteiger partial charge is 0.379 e. The summed E-state index contributed by atoms with van der Waals surface area (Å²) in [4.78, 5) is 22.4. The standard InChI is InChI=1S/C31H39ClN4O4S/c1-24-7-5-8-25(19-24)23-41(38,39)31-33-21-29(36(31)28-11-3-2-4-12-28)22-35(14-13-34-15-17-40-18-16-34)30(37)26-9-6-10-27(32)20-26/h5-10,19-21,28H,2-4,11-18,22-23H2,1H3. The summed E-state index contributed by atoms with van der Waals surface area (Å²) in [5, 5.41) is 0.602. The molecule has 1 amide bonds. The van der Waals surface area contributed by atoms with Crippen LogP contribution in [0.25, 0.3) is 0 Å². The minimum Gasteiger partial charge on any atom is -0.379 e. The van der Waals surface area contributed by atoms with E-state index in [2.05, 4.69) is 9.88 Å². The summed E-state index contributed by atoms with van der Waals surface area (Å²) in [6, 6.07) is 14.6.